The average Bonchev–Trinajstić information content (AvgIpc) is 2.41. The number of hydrogen-bond donors (Lipinski definition) is 2. The maximum atomic E-state index is 9.00. The van der Waals surface area contributed by atoms with E-state index in [0.29, 0.717) is 23.0 Å². The number of halogens is 1. The minimum absolute atomic E-state index is 0.240. The van der Waals surface area contributed by atoms with Crippen molar-refractivity contribution < 1.29 is 5.11 Å². The molecule has 0 saturated carbocycles. The average molecular weight is 281 g/mol. The molecule has 4 heteroatoms. The van der Waals surface area contributed by atoms with Crippen molar-refractivity contribution in [2.75, 3.05) is 13.2 Å². The van der Waals surface area contributed by atoms with Crippen molar-refractivity contribution in [2.24, 2.45) is 5.92 Å². The van der Waals surface area contributed by atoms with Crippen LogP contribution in [0, 0.1) is 17.2 Å². The number of benzene rings is 1. The van der Waals surface area contributed by atoms with E-state index in [9.17, 15) is 0 Å². The van der Waals surface area contributed by atoms with Crippen molar-refractivity contribution >= 4 is 11.6 Å². The third-order valence-corrected chi connectivity index (χ3v) is 3.52. The number of nitrogens with zero attached hydrogens (tertiary/aromatic N) is 1. The van der Waals surface area contributed by atoms with Gasteiger partial charge in [-0.3, -0.25) is 0 Å². The smallest absolute Gasteiger partial charge is 0.0992 e. The maximum Gasteiger partial charge on any atom is 0.0992 e. The van der Waals surface area contributed by atoms with Gasteiger partial charge in [0.2, 0.25) is 0 Å². The Hall–Kier alpha value is -1.08. The van der Waals surface area contributed by atoms with Crippen LogP contribution in [-0.4, -0.2) is 18.3 Å². The van der Waals surface area contributed by atoms with Gasteiger partial charge < -0.3 is 10.4 Å². The molecule has 1 aromatic carbocycles. The Morgan fingerprint density at radius 2 is 2.21 bits per heavy atom. The van der Waals surface area contributed by atoms with Crippen LogP contribution in [0.15, 0.2) is 18.2 Å². The monoisotopic (exact) mass is 280 g/mol. The largest absolute Gasteiger partial charge is 0.396 e. The lowest BCUT2D eigenvalue weighted by atomic mass is 10.00. The van der Waals surface area contributed by atoms with E-state index in [0.717, 1.165) is 31.4 Å². The van der Waals surface area contributed by atoms with Crippen molar-refractivity contribution in [2.45, 2.75) is 32.7 Å². The quantitative estimate of drug-likeness (QED) is 0.769. The van der Waals surface area contributed by atoms with Gasteiger partial charge in [0, 0.05) is 18.2 Å². The second-order valence-corrected chi connectivity index (χ2v) is 5.12. The van der Waals surface area contributed by atoms with Gasteiger partial charge in [0.15, 0.2) is 0 Å². The van der Waals surface area contributed by atoms with Crippen LogP contribution in [-0.2, 0) is 6.54 Å². The minimum Gasteiger partial charge on any atom is -0.396 e. The van der Waals surface area contributed by atoms with Crippen LogP contribution in [0.2, 0.25) is 5.02 Å². The lowest BCUT2D eigenvalue weighted by Gasteiger charge is -2.16. The molecule has 1 atom stereocenters. The molecule has 0 amide bonds. The fourth-order valence-electron chi connectivity index (χ4n) is 2.11. The van der Waals surface area contributed by atoms with E-state index in [1.165, 1.54) is 0 Å². The summed E-state index contributed by atoms with van der Waals surface area (Å²) in [7, 11) is 0. The number of hydrogen-bond acceptors (Lipinski definition) is 3. The minimum atomic E-state index is 0.240. The number of nitriles is 1. The summed E-state index contributed by atoms with van der Waals surface area (Å²) in [6.45, 7) is 3.97. The van der Waals surface area contributed by atoms with Crippen LogP contribution in [0.4, 0.5) is 0 Å². The first-order valence-corrected chi connectivity index (χ1v) is 7.09. The molecule has 1 unspecified atom stereocenters. The summed E-state index contributed by atoms with van der Waals surface area (Å²) < 4.78 is 0. The van der Waals surface area contributed by atoms with E-state index in [-0.39, 0.29) is 6.61 Å². The maximum absolute atomic E-state index is 9.00. The highest BCUT2D eigenvalue weighted by molar-refractivity contribution is 6.31. The van der Waals surface area contributed by atoms with Crippen molar-refractivity contribution in [1.29, 1.82) is 5.26 Å². The molecule has 0 aliphatic heterocycles. The first kappa shape index (κ1) is 16.0. The van der Waals surface area contributed by atoms with Crippen molar-refractivity contribution in [3.63, 3.8) is 0 Å². The zero-order valence-corrected chi connectivity index (χ0v) is 12.1. The molecule has 0 aliphatic rings. The fraction of sp³-hybridized carbons (Fsp3) is 0.533. The van der Waals surface area contributed by atoms with E-state index >= 15 is 0 Å². The zero-order valence-electron chi connectivity index (χ0n) is 11.3. The topological polar surface area (TPSA) is 56.0 Å². The summed E-state index contributed by atoms with van der Waals surface area (Å²) in [5.41, 5.74) is 1.58. The number of aliphatic hydroxyl groups is 1. The van der Waals surface area contributed by atoms with Crippen LogP contribution in [0.25, 0.3) is 0 Å². The van der Waals surface area contributed by atoms with Gasteiger partial charge in [-0.2, -0.15) is 5.26 Å². The molecule has 0 heterocycles. The molecule has 0 fully saturated rings. The highest BCUT2D eigenvalue weighted by Crippen LogP contribution is 2.18. The number of aliphatic hydroxyl groups excluding tert-OH is 1. The Bertz CT molecular complexity index is 423. The predicted molar refractivity (Wildman–Crippen MR) is 78.0 cm³/mol. The first-order chi connectivity index (χ1) is 9.21. The van der Waals surface area contributed by atoms with Gasteiger partial charge in [0.1, 0.15) is 0 Å². The van der Waals surface area contributed by atoms with E-state index in [1.807, 2.05) is 6.07 Å². The molecular weight excluding hydrogens is 260 g/mol. The summed E-state index contributed by atoms with van der Waals surface area (Å²) in [5.74, 6) is 0.507. The first-order valence-electron chi connectivity index (χ1n) is 6.71. The highest BCUT2D eigenvalue weighted by Gasteiger charge is 2.07. The summed E-state index contributed by atoms with van der Waals surface area (Å²) >= 11 is 6.11. The standard InChI is InChI=1S/C15H21ClN2O/c1-2-3-12(6-7-19)10-18-11-14-5-4-13(9-17)8-15(14)16/h4-5,8,12,18-19H,2-3,6-7,10-11H2,1H3. The van der Waals surface area contributed by atoms with Gasteiger partial charge in [0.25, 0.3) is 0 Å². The van der Waals surface area contributed by atoms with Crippen molar-refractivity contribution in [3.8, 4) is 6.07 Å². The molecular formula is C15H21ClN2O. The molecule has 0 aliphatic carbocycles. The van der Waals surface area contributed by atoms with Gasteiger partial charge in [-0.05, 0) is 43.0 Å². The third-order valence-electron chi connectivity index (χ3n) is 3.16. The van der Waals surface area contributed by atoms with Gasteiger partial charge in [-0.1, -0.05) is 31.0 Å². The molecule has 0 radical (unpaired) electrons. The van der Waals surface area contributed by atoms with Gasteiger partial charge in [-0.25, -0.2) is 0 Å². The van der Waals surface area contributed by atoms with Gasteiger partial charge in [-0.15, -0.1) is 0 Å². The second-order valence-electron chi connectivity index (χ2n) is 4.72. The molecule has 104 valence electrons. The Morgan fingerprint density at radius 3 is 2.79 bits per heavy atom. The molecule has 1 aromatic rings. The molecule has 3 nitrogen and oxygen atoms in total. The Morgan fingerprint density at radius 1 is 1.42 bits per heavy atom. The summed E-state index contributed by atoms with van der Waals surface area (Å²) in [6, 6.07) is 7.42. The Labute approximate surface area is 120 Å². The van der Waals surface area contributed by atoms with Crippen LogP contribution >= 0.6 is 11.6 Å². The SMILES string of the molecule is CCCC(CCO)CNCc1ccc(C#N)cc1Cl. The van der Waals surface area contributed by atoms with E-state index < -0.39 is 0 Å². The van der Waals surface area contributed by atoms with Gasteiger partial charge >= 0.3 is 0 Å². The molecule has 2 N–H and O–H groups in total. The van der Waals surface area contributed by atoms with E-state index in [1.54, 1.807) is 12.1 Å². The van der Waals surface area contributed by atoms with E-state index in [2.05, 4.69) is 18.3 Å². The van der Waals surface area contributed by atoms with Crippen LogP contribution in [0.5, 0.6) is 0 Å². The molecule has 0 bridgehead atoms. The normalized spacial score (nSPS) is 12.1. The number of rotatable bonds is 8. The molecule has 0 spiro atoms. The summed E-state index contributed by atoms with van der Waals surface area (Å²) in [5, 5.41) is 21.8. The van der Waals surface area contributed by atoms with Crippen molar-refractivity contribution in [1.82, 2.24) is 5.32 Å². The second kappa shape index (κ2) is 8.92. The summed E-state index contributed by atoms with van der Waals surface area (Å²) in [6.07, 6.45) is 3.08. The van der Waals surface area contributed by atoms with E-state index in [4.69, 9.17) is 22.0 Å². The third kappa shape index (κ3) is 5.61. The van der Waals surface area contributed by atoms with Gasteiger partial charge in [0.05, 0.1) is 11.6 Å². The fourth-order valence-corrected chi connectivity index (χ4v) is 2.36. The Kier molecular flexibility index (Phi) is 7.50. The van der Waals surface area contributed by atoms with Crippen LogP contribution in [0.1, 0.15) is 37.3 Å². The molecule has 1 rings (SSSR count). The highest BCUT2D eigenvalue weighted by atomic mass is 35.5. The number of nitrogens with one attached hydrogen (secondary N) is 1. The lowest BCUT2D eigenvalue weighted by Crippen LogP contribution is -2.23. The Balaban J connectivity index is 2.46. The lowest BCUT2D eigenvalue weighted by molar-refractivity contribution is 0.248. The van der Waals surface area contributed by atoms with Crippen LogP contribution in [0.3, 0.4) is 0 Å². The molecule has 0 aromatic heterocycles. The summed E-state index contributed by atoms with van der Waals surface area (Å²) in [4.78, 5) is 0. The predicted octanol–water partition coefficient (Wildman–Crippen LogP) is 3.10. The van der Waals surface area contributed by atoms with Crippen LogP contribution < -0.4 is 5.32 Å². The zero-order chi connectivity index (χ0) is 14.1. The molecule has 0 saturated heterocycles. The van der Waals surface area contributed by atoms with Crippen molar-refractivity contribution in [3.05, 3.63) is 34.3 Å². The molecule has 19 heavy (non-hydrogen) atoms.